The number of piperidine rings is 1. The topological polar surface area (TPSA) is 78.8 Å². The van der Waals surface area contributed by atoms with Crippen LogP contribution >= 0.6 is 11.3 Å². The average Bonchev–Trinajstić information content (AvgIpc) is 3.07. The molecule has 8 heteroatoms. The Kier molecular flexibility index (Phi) is 8.69. The lowest BCUT2D eigenvalue weighted by Gasteiger charge is -2.35. The molecule has 158 valence electrons. The highest BCUT2D eigenvalue weighted by atomic mass is 32.1. The van der Waals surface area contributed by atoms with Crippen LogP contribution < -0.4 is 10.6 Å². The van der Waals surface area contributed by atoms with Crippen LogP contribution in [-0.2, 0) is 4.74 Å². The van der Waals surface area contributed by atoms with Gasteiger partial charge in [-0.1, -0.05) is 6.92 Å². The first kappa shape index (κ1) is 22.6. The molecule has 2 heterocycles. The number of aryl methyl sites for hydroxylation is 1. The zero-order valence-corrected chi connectivity index (χ0v) is 18.9. The van der Waals surface area contributed by atoms with E-state index in [4.69, 9.17) is 4.74 Å². The molecule has 2 rings (SSSR count). The predicted molar refractivity (Wildman–Crippen MR) is 115 cm³/mol. The number of aliphatic imine (C=N–C) groups is 1. The first-order valence-electron chi connectivity index (χ1n) is 10.2. The van der Waals surface area contributed by atoms with Crippen LogP contribution in [0.4, 0.5) is 0 Å². The molecule has 2 atom stereocenters. The maximum absolute atomic E-state index is 12.0. The summed E-state index contributed by atoms with van der Waals surface area (Å²) in [6.45, 7) is 13.8. The molecule has 0 radical (unpaired) electrons. The lowest BCUT2D eigenvalue weighted by molar-refractivity contribution is 0.0531. The third kappa shape index (κ3) is 6.17. The quantitative estimate of drug-likeness (QED) is 0.409. The Morgan fingerprint density at radius 2 is 2.07 bits per heavy atom. The van der Waals surface area contributed by atoms with Crippen LogP contribution in [0.15, 0.2) is 4.99 Å². The molecule has 0 aromatic carbocycles. The van der Waals surface area contributed by atoms with Crippen molar-refractivity contribution in [2.45, 2.75) is 59.5 Å². The maximum atomic E-state index is 12.0. The summed E-state index contributed by atoms with van der Waals surface area (Å²) in [6.07, 6.45) is 2.56. The number of ether oxygens (including phenoxy) is 1. The third-order valence-corrected chi connectivity index (χ3v) is 6.55. The molecule has 0 aliphatic carbocycles. The molecule has 1 aliphatic heterocycles. The number of guanidine groups is 1. The smallest absolute Gasteiger partial charge is 0.350 e. The third-order valence-electron chi connectivity index (χ3n) is 5.23. The van der Waals surface area contributed by atoms with E-state index in [0.717, 1.165) is 23.4 Å². The lowest BCUT2D eigenvalue weighted by atomic mass is 9.98. The fourth-order valence-electron chi connectivity index (χ4n) is 3.29. The number of esters is 1. The number of carbonyl (C=O) groups is 1. The Morgan fingerprint density at radius 3 is 2.68 bits per heavy atom. The van der Waals surface area contributed by atoms with Crippen LogP contribution in [-0.4, -0.2) is 61.1 Å². The van der Waals surface area contributed by atoms with Crippen molar-refractivity contribution in [3.63, 3.8) is 0 Å². The fraction of sp³-hybridized carbons (Fsp3) is 0.750. The van der Waals surface area contributed by atoms with Gasteiger partial charge in [-0.3, -0.25) is 9.89 Å². The number of hydrogen-bond donors (Lipinski definition) is 2. The summed E-state index contributed by atoms with van der Waals surface area (Å²) in [5, 5.41) is 7.65. The zero-order chi connectivity index (χ0) is 20.7. The van der Waals surface area contributed by atoms with Gasteiger partial charge in [0.15, 0.2) is 5.96 Å². The number of rotatable bonds is 7. The number of carbonyl (C=O) groups excluding carboxylic acids is 1. The van der Waals surface area contributed by atoms with E-state index in [1.807, 2.05) is 13.8 Å². The average molecular weight is 410 g/mol. The van der Waals surface area contributed by atoms with Crippen molar-refractivity contribution >= 4 is 23.3 Å². The summed E-state index contributed by atoms with van der Waals surface area (Å²) in [5.74, 6) is 1.28. The van der Waals surface area contributed by atoms with Crippen molar-refractivity contribution in [3.05, 3.63) is 15.6 Å². The number of aromatic nitrogens is 1. The van der Waals surface area contributed by atoms with E-state index in [1.165, 1.54) is 37.3 Å². The minimum absolute atomic E-state index is 0.0516. The molecular weight excluding hydrogens is 374 g/mol. The molecule has 2 unspecified atom stereocenters. The molecule has 1 aromatic rings. The van der Waals surface area contributed by atoms with Gasteiger partial charge in [0.25, 0.3) is 0 Å². The van der Waals surface area contributed by atoms with Crippen LogP contribution in [0.5, 0.6) is 0 Å². The SMILES string of the molecule is CCOC(=O)c1sc(C(C)NC(=NC)NCC(C)N2CCC(C)CC2)nc1C. The van der Waals surface area contributed by atoms with Crippen LogP contribution in [0.2, 0.25) is 0 Å². The van der Waals surface area contributed by atoms with E-state index in [1.54, 1.807) is 14.0 Å². The Bertz CT molecular complexity index is 668. The van der Waals surface area contributed by atoms with Crippen molar-refractivity contribution in [3.8, 4) is 0 Å². The number of nitrogens with zero attached hydrogens (tertiary/aromatic N) is 3. The fourth-order valence-corrected chi connectivity index (χ4v) is 4.26. The van der Waals surface area contributed by atoms with Crippen LogP contribution in [0, 0.1) is 12.8 Å². The molecule has 7 nitrogen and oxygen atoms in total. The molecule has 1 aromatic heterocycles. The van der Waals surface area contributed by atoms with Crippen molar-refractivity contribution in [1.29, 1.82) is 0 Å². The highest BCUT2D eigenvalue weighted by Crippen LogP contribution is 2.24. The van der Waals surface area contributed by atoms with E-state index in [-0.39, 0.29) is 12.0 Å². The molecule has 0 bridgehead atoms. The van der Waals surface area contributed by atoms with Gasteiger partial charge in [0.2, 0.25) is 0 Å². The molecule has 28 heavy (non-hydrogen) atoms. The van der Waals surface area contributed by atoms with Gasteiger partial charge in [0.05, 0.1) is 18.3 Å². The molecule has 0 saturated carbocycles. The van der Waals surface area contributed by atoms with Gasteiger partial charge in [-0.2, -0.15) is 0 Å². The molecular formula is C20H35N5O2S. The standard InChI is InChI=1S/C20H35N5O2S/c1-7-27-19(26)17-15(4)23-18(28-17)16(5)24-20(21-6)22-12-14(3)25-10-8-13(2)9-11-25/h13-14,16H,7-12H2,1-6H3,(H2,21,22,24). The molecule has 1 fully saturated rings. The predicted octanol–water partition coefficient (Wildman–Crippen LogP) is 2.97. The maximum Gasteiger partial charge on any atom is 0.350 e. The van der Waals surface area contributed by atoms with Gasteiger partial charge in [-0.25, -0.2) is 9.78 Å². The summed E-state index contributed by atoms with van der Waals surface area (Å²) < 4.78 is 5.10. The summed E-state index contributed by atoms with van der Waals surface area (Å²) in [7, 11) is 1.77. The zero-order valence-electron chi connectivity index (χ0n) is 18.0. The molecule has 0 amide bonds. The van der Waals surface area contributed by atoms with E-state index in [0.29, 0.717) is 23.2 Å². The van der Waals surface area contributed by atoms with Crippen LogP contribution in [0.3, 0.4) is 0 Å². The first-order valence-corrected chi connectivity index (χ1v) is 11.0. The summed E-state index contributed by atoms with van der Waals surface area (Å²) in [6, 6.07) is 0.406. The Balaban J connectivity index is 1.88. The largest absolute Gasteiger partial charge is 0.462 e. The molecule has 1 aliphatic rings. The van der Waals surface area contributed by atoms with Crippen molar-refractivity contribution in [2.24, 2.45) is 10.9 Å². The Morgan fingerprint density at radius 1 is 1.39 bits per heavy atom. The van der Waals surface area contributed by atoms with E-state index >= 15 is 0 Å². The number of thiazole rings is 1. The van der Waals surface area contributed by atoms with Gasteiger partial charge in [0.1, 0.15) is 9.88 Å². The Labute approximate surface area is 173 Å². The minimum atomic E-state index is -0.303. The number of likely N-dealkylation sites (tertiary alicyclic amines) is 1. The van der Waals surface area contributed by atoms with Crippen molar-refractivity contribution < 1.29 is 9.53 Å². The first-order chi connectivity index (χ1) is 13.3. The molecule has 0 spiro atoms. The molecule has 1 saturated heterocycles. The lowest BCUT2D eigenvalue weighted by Crippen LogP contribution is -2.48. The van der Waals surface area contributed by atoms with Gasteiger partial charge in [-0.15, -0.1) is 11.3 Å². The molecule has 2 N–H and O–H groups in total. The van der Waals surface area contributed by atoms with Gasteiger partial charge in [0, 0.05) is 19.6 Å². The van der Waals surface area contributed by atoms with Crippen LogP contribution in [0.1, 0.15) is 67.0 Å². The normalized spacial score (nSPS) is 18.6. The second kappa shape index (κ2) is 10.8. The summed E-state index contributed by atoms with van der Waals surface area (Å²) >= 11 is 1.38. The summed E-state index contributed by atoms with van der Waals surface area (Å²) in [5.41, 5.74) is 0.711. The Hall–Kier alpha value is -1.67. The van der Waals surface area contributed by atoms with E-state index < -0.39 is 0 Å². The van der Waals surface area contributed by atoms with Crippen molar-refractivity contribution in [2.75, 3.05) is 33.3 Å². The van der Waals surface area contributed by atoms with Crippen LogP contribution in [0.25, 0.3) is 0 Å². The monoisotopic (exact) mass is 409 g/mol. The second-order valence-corrected chi connectivity index (χ2v) is 8.60. The number of nitrogens with one attached hydrogen (secondary N) is 2. The highest BCUT2D eigenvalue weighted by Gasteiger charge is 2.22. The highest BCUT2D eigenvalue weighted by molar-refractivity contribution is 7.13. The van der Waals surface area contributed by atoms with Gasteiger partial charge >= 0.3 is 5.97 Å². The minimum Gasteiger partial charge on any atom is -0.462 e. The van der Waals surface area contributed by atoms with E-state index in [9.17, 15) is 4.79 Å². The van der Waals surface area contributed by atoms with E-state index in [2.05, 4.69) is 39.4 Å². The second-order valence-electron chi connectivity index (χ2n) is 7.57. The van der Waals surface area contributed by atoms with Gasteiger partial charge in [-0.05, 0) is 59.5 Å². The summed E-state index contributed by atoms with van der Waals surface area (Å²) in [4.78, 5) is 24.0. The number of hydrogen-bond acceptors (Lipinski definition) is 6. The van der Waals surface area contributed by atoms with Crippen molar-refractivity contribution in [1.82, 2.24) is 20.5 Å². The van der Waals surface area contributed by atoms with Gasteiger partial charge < -0.3 is 15.4 Å².